The Bertz CT molecular complexity index is 607. The lowest BCUT2D eigenvalue weighted by atomic mass is 9.44. The second-order valence-corrected chi connectivity index (χ2v) is 12.8. The van der Waals surface area contributed by atoms with Crippen LogP contribution in [0.25, 0.3) is 0 Å². The summed E-state index contributed by atoms with van der Waals surface area (Å²) in [6.45, 7) is 14.3. The molecule has 4 saturated carbocycles. The number of Topliss-reactive ketones (excluding diaryl/α,β-unsaturated/α-hetero) is 1. The lowest BCUT2D eigenvalue weighted by Gasteiger charge is -2.61. The summed E-state index contributed by atoms with van der Waals surface area (Å²) in [7, 11) is 0. The Hall–Kier alpha value is -0.330. The molecule has 0 spiro atoms. The molecule has 0 aromatic heterocycles. The van der Waals surface area contributed by atoms with Gasteiger partial charge in [0.15, 0.2) is 0 Å². The summed E-state index contributed by atoms with van der Waals surface area (Å²) >= 11 is 0. The molecular weight excluding hydrogens is 352 g/mol. The average Bonchev–Trinajstić information content (AvgIpc) is 3.04. The maximum Gasteiger partial charge on any atom is 0.136 e. The van der Waals surface area contributed by atoms with Crippen molar-refractivity contribution in [1.29, 1.82) is 0 Å². The predicted octanol–water partition coefficient (Wildman–Crippen LogP) is 7.92. The second-order valence-electron chi connectivity index (χ2n) is 12.8. The number of fused-ring (bicyclic) bond motifs is 5. The molecule has 1 heteroatoms. The summed E-state index contributed by atoms with van der Waals surface area (Å²) in [6, 6.07) is 0. The molecule has 4 aliphatic carbocycles. The molecule has 29 heavy (non-hydrogen) atoms. The number of rotatable bonds is 5. The van der Waals surface area contributed by atoms with Crippen LogP contribution in [0, 0.1) is 58.2 Å². The van der Waals surface area contributed by atoms with Crippen molar-refractivity contribution in [2.24, 2.45) is 58.2 Å². The minimum absolute atomic E-state index is 0.222. The standard InChI is InChI=1S/C28H48O/c1-18(2)20(4)26(29)17-19(3)23-12-13-24-22-11-10-21-9-7-8-15-27(21,5)25(22)14-16-28(23,24)6/h18-25H,7-17H2,1-6H3/t19-,20+,21?,22+,23-,24+,25+,27+,28-/m1/s1. The molecule has 1 nitrogen and oxygen atoms in total. The third-order valence-electron chi connectivity index (χ3n) is 11.4. The van der Waals surface area contributed by atoms with Crippen molar-refractivity contribution in [3.63, 3.8) is 0 Å². The van der Waals surface area contributed by atoms with Gasteiger partial charge in [-0.3, -0.25) is 4.79 Å². The first kappa shape index (κ1) is 21.9. The molecule has 0 bridgehead atoms. The Morgan fingerprint density at radius 3 is 2.28 bits per heavy atom. The highest BCUT2D eigenvalue weighted by Gasteiger charge is 2.60. The van der Waals surface area contributed by atoms with Crippen LogP contribution >= 0.6 is 0 Å². The van der Waals surface area contributed by atoms with Gasteiger partial charge >= 0.3 is 0 Å². The van der Waals surface area contributed by atoms with Crippen molar-refractivity contribution in [1.82, 2.24) is 0 Å². The summed E-state index contributed by atoms with van der Waals surface area (Å²) in [5, 5.41) is 0. The van der Waals surface area contributed by atoms with E-state index in [0.29, 0.717) is 28.4 Å². The minimum Gasteiger partial charge on any atom is -0.299 e. The molecule has 166 valence electrons. The fourth-order valence-electron chi connectivity index (χ4n) is 9.29. The van der Waals surface area contributed by atoms with E-state index in [0.717, 1.165) is 36.0 Å². The summed E-state index contributed by atoms with van der Waals surface area (Å²) in [5.41, 5.74) is 1.15. The van der Waals surface area contributed by atoms with Crippen LogP contribution in [0.2, 0.25) is 0 Å². The molecule has 0 saturated heterocycles. The van der Waals surface area contributed by atoms with E-state index < -0.39 is 0 Å². The quantitative estimate of drug-likeness (QED) is 0.458. The molecule has 0 amide bonds. The van der Waals surface area contributed by atoms with Crippen molar-refractivity contribution >= 4 is 5.78 Å². The highest BCUT2D eigenvalue weighted by molar-refractivity contribution is 5.81. The summed E-state index contributed by atoms with van der Waals surface area (Å²) < 4.78 is 0. The van der Waals surface area contributed by atoms with Gasteiger partial charge in [-0.25, -0.2) is 0 Å². The number of carbonyl (C=O) groups excluding carboxylic acids is 1. The number of carbonyl (C=O) groups is 1. The molecule has 1 unspecified atom stereocenters. The molecule has 0 aliphatic heterocycles. The first-order valence-corrected chi connectivity index (χ1v) is 13.2. The van der Waals surface area contributed by atoms with Crippen molar-refractivity contribution in [2.45, 2.75) is 112 Å². The fraction of sp³-hybridized carbons (Fsp3) is 0.964. The number of hydrogen-bond acceptors (Lipinski definition) is 1. The summed E-state index contributed by atoms with van der Waals surface area (Å²) in [4.78, 5) is 12.8. The predicted molar refractivity (Wildman–Crippen MR) is 123 cm³/mol. The van der Waals surface area contributed by atoms with Crippen LogP contribution in [0.3, 0.4) is 0 Å². The van der Waals surface area contributed by atoms with Gasteiger partial charge in [-0.1, -0.05) is 54.4 Å². The van der Waals surface area contributed by atoms with Crippen molar-refractivity contribution in [3.8, 4) is 0 Å². The largest absolute Gasteiger partial charge is 0.299 e. The van der Waals surface area contributed by atoms with Crippen LogP contribution in [0.5, 0.6) is 0 Å². The number of ketones is 1. The van der Waals surface area contributed by atoms with E-state index >= 15 is 0 Å². The molecule has 0 aromatic rings. The average molecular weight is 401 g/mol. The molecule has 9 atom stereocenters. The smallest absolute Gasteiger partial charge is 0.136 e. The highest BCUT2D eigenvalue weighted by Crippen LogP contribution is 2.68. The zero-order chi connectivity index (χ0) is 21.0. The molecule has 4 fully saturated rings. The van der Waals surface area contributed by atoms with Gasteiger partial charge in [-0.15, -0.1) is 0 Å². The van der Waals surface area contributed by atoms with E-state index in [1.807, 2.05) is 0 Å². The Kier molecular flexibility index (Phi) is 6.02. The molecular formula is C28H48O. The lowest BCUT2D eigenvalue weighted by Crippen LogP contribution is -2.53. The summed E-state index contributed by atoms with van der Waals surface area (Å²) in [5.74, 6) is 6.49. The second kappa shape index (κ2) is 7.98. The SMILES string of the molecule is CC(C)[C@H](C)C(=O)C[C@@H](C)[C@H]1CC[C@H]2[C@@H]3CCC4CCCC[C@]4(C)[C@H]3CC[C@]12C. The molecule has 0 heterocycles. The van der Waals surface area contributed by atoms with Crippen molar-refractivity contribution < 1.29 is 4.79 Å². The zero-order valence-electron chi connectivity index (χ0n) is 20.3. The monoisotopic (exact) mass is 400 g/mol. The van der Waals surface area contributed by atoms with E-state index in [1.165, 1.54) is 64.2 Å². The van der Waals surface area contributed by atoms with Gasteiger partial charge in [0.25, 0.3) is 0 Å². The van der Waals surface area contributed by atoms with E-state index in [1.54, 1.807) is 0 Å². The first-order chi connectivity index (χ1) is 13.7. The number of hydrogen-bond donors (Lipinski definition) is 0. The van der Waals surface area contributed by atoms with Gasteiger partial charge in [-0.05, 0) is 104 Å². The highest BCUT2D eigenvalue weighted by atomic mass is 16.1. The Labute approximate surface area is 181 Å². The molecule has 0 radical (unpaired) electrons. The summed E-state index contributed by atoms with van der Waals surface area (Å²) in [6.07, 6.45) is 15.6. The molecule has 0 N–H and O–H groups in total. The van der Waals surface area contributed by atoms with Crippen LogP contribution < -0.4 is 0 Å². The molecule has 4 aliphatic rings. The van der Waals surface area contributed by atoms with Crippen LogP contribution in [0.4, 0.5) is 0 Å². The van der Waals surface area contributed by atoms with Gasteiger partial charge in [0.1, 0.15) is 5.78 Å². The van der Waals surface area contributed by atoms with Crippen LogP contribution in [-0.4, -0.2) is 5.78 Å². The van der Waals surface area contributed by atoms with Crippen LogP contribution in [0.15, 0.2) is 0 Å². The molecule has 4 rings (SSSR count). The third-order valence-corrected chi connectivity index (χ3v) is 11.4. The van der Waals surface area contributed by atoms with Gasteiger partial charge in [-0.2, -0.15) is 0 Å². The minimum atomic E-state index is 0.222. The van der Waals surface area contributed by atoms with Crippen molar-refractivity contribution in [2.75, 3.05) is 0 Å². The fourth-order valence-corrected chi connectivity index (χ4v) is 9.29. The Morgan fingerprint density at radius 2 is 1.55 bits per heavy atom. The first-order valence-electron chi connectivity index (χ1n) is 13.2. The maximum absolute atomic E-state index is 12.8. The third kappa shape index (κ3) is 3.55. The van der Waals surface area contributed by atoms with Gasteiger partial charge < -0.3 is 0 Å². The van der Waals surface area contributed by atoms with Gasteiger partial charge in [0.05, 0.1) is 0 Å². The Balaban J connectivity index is 1.48. The van der Waals surface area contributed by atoms with Crippen LogP contribution in [0.1, 0.15) is 112 Å². The van der Waals surface area contributed by atoms with E-state index in [-0.39, 0.29) is 5.92 Å². The van der Waals surface area contributed by atoms with Gasteiger partial charge in [0, 0.05) is 12.3 Å². The van der Waals surface area contributed by atoms with E-state index in [4.69, 9.17) is 0 Å². The zero-order valence-corrected chi connectivity index (χ0v) is 20.3. The molecule has 0 aromatic carbocycles. The van der Waals surface area contributed by atoms with E-state index in [9.17, 15) is 4.79 Å². The lowest BCUT2D eigenvalue weighted by molar-refractivity contribution is -0.127. The van der Waals surface area contributed by atoms with Crippen LogP contribution in [-0.2, 0) is 4.79 Å². The van der Waals surface area contributed by atoms with Gasteiger partial charge in [0.2, 0.25) is 0 Å². The van der Waals surface area contributed by atoms with Crippen molar-refractivity contribution in [3.05, 3.63) is 0 Å². The Morgan fingerprint density at radius 1 is 0.828 bits per heavy atom. The van der Waals surface area contributed by atoms with E-state index in [2.05, 4.69) is 41.5 Å². The normalized spacial score (nSPS) is 46.5. The maximum atomic E-state index is 12.8. The topological polar surface area (TPSA) is 17.1 Å².